The highest BCUT2D eigenvalue weighted by Gasteiger charge is 2.33. The molecule has 1 N–H and O–H groups in total. The lowest BCUT2D eigenvalue weighted by Gasteiger charge is -2.31. The molecule has 0 bridgehead atoms. The summed E-state index contributed by atoms with van der Waals surface area (Å²) >= 11 is 0. The summed E-state index contributed by atoms with van der Waals surface area (Å²) in [5, 5.41) is 4.39. The molecule has 1 aliphatic rings. The maximum absolute atomic E-state index is 13.8. The van der Waals surface area contributed by atoms with Crippen molar-refractivity contribution in [1.29, 1.82) is 0 Å². The lowest BCUT2D eigenvalue weighted by Crippen LogP contribution is -2.43. The molecule has 4 rings (SSSR count). The van der Waals surface area contributed by atoms with E-state index < -0.39 is 21.8 Å². The molecule has 0 saturated carbocycles. The molecule has 3 aromatic rings. The minimum Gasteiger partial charge on any atom is -0.323 e. The quantitative estimate of drug-likeness (QED) is 0.704. The van der Waals surface area contributed by atoms with Crippen LogP contribution in [0.15, 0.2) is 71.6 Å². The predicted octanol–water partition coefficient (Wildman–Crippen LogP) is 4.02. The van der Waals surface area contributed by atoms with Crippen LogP contribution in [0.5, 0.6) is 0 Å². The van der Waals surface area contributed by atoms with Gasteiger partial charge in [0.1, 0.15) is 5.82 Å². The molecule has 29 heavy (non-hydrogen) atoms. The molecule has 0 aliphatic carbocycles. The number of halogens is 1. The van der Waals surface area contributed by atoms with Crippen LogP contribution < -0.4 is 5.32 Å². The van der Waals surface area contributed by atoms with Gasteiger partial charge in [-0.25, -0.2) is 12.8 Å². The predicted molar refractivity (Wildman–Crippen MR) is 110 cm³/mol. The number of nitrogens with zero attached hydrogens (tertiary/aromatic N) is 1. The Morgan fingerprint density at radius 3 is 2.52 bits per heavy atom. The zero-order valence-electron chi connectivity index (χ0n) is 15.7. The van der Waals surface area contributed by atoms with Gasteiger partial charge in [0.25, 0.3) is 0 Å². The van der Waals surface area contributed by atoms with Crippen molar-refractivity contribution in [3.8, 4) is 0 Å². The minimum atomic E-state index is -3.72. The van der Waals surface area contributed by atoms with Crippen LogP contribution in [0, 0.1) is 11.7 Å². The zero-order valence-corrected chi connectivity index (χ0v) is 16.5. The number of fused-ring (bicyclic) bond motifs is 1. The topological polar surface area (TPSA) is 66.5 Å². The Labute approximate surface area is 169 Å². The number of piperidine rings is 1. The lowest BCUT2D eigenvalue weighted by atomic mass is 9.98. The van der Waals surface area contributed by atoms with Gasteiger partial charge in [0.2, 0.25) is 15.9 Å². The molecule has 1 saturated heterocycles. The van der Waals surface area contributed by atoms with Crippen LogP contribution in [-0.2, 0) is 14.8 Å². The highest BCUT2D eigenvalue weighted by atomic mass is 32.2. The van der Waals surface area contributed by atoms with Crippen LogP contribution in [-0.4, -0.2) is 31.7 Å². The molecule has 7 heteroatoms. The van der Waals surface area contributed by atoms with Crippen LogP contribution in [0.25, 0.3) is 10.8 Å². The highest BCUT2D eigenvalue weighted by molar-refractivity contribution is 7.89. The third kappa shape index (κ3) is 4.02. The molecule has 1 aliphatic heterocycles. The van der Waals surface area contributed by atoms with E-state index in [1.807, 2.05) is 24.3 Å². The summed E-state index contributed by atoms with van der Waals surface area (Å²) in [6.07, 6.45) is 1.13. The number of rotatable bonds is 4. The average Bonchev–Trinajstić information content (AvgIpc) is 2.75. The molecule has 5 nitrogen and oxygen atoms in total. The molecule has 1 heterocycles. The number of amides is 1. The third-order valence-electron chi connectivity index (χ3n) is 5.25. The van der Waals surface area contributed by atoms with Gasteiger partial charge < -0.3 is 5.32 Å². The van der Waals surface area contributed by atoms with E-state index in [-0.39, 0.29) is 23.0 Å². The maximum atomic E-state index is 13.8. The van der Waals surface area contributed by atoms with E-state index in [9.17, 15) is 17.6 Å². The molecule has 0 unspecified atom stereocenters. The van der Waals surface area contributed by atoms with Gasteiger partial charge in [0.05, 0.1) is 16.5 Å². The van der Waals surface area contributed by atoms with Gasteiger partial charge in [-0.05, 0) is 47.9 Å². The van der Waals surface area contributed by atoms with Crippen LogP contribution in [0.3, 0.4) is 0 Å². The minimum absolute atomic E-state index is 0.0788. The number of carbonyl (C=O) groups excluding carboxylic acids is 1. The van der Waals surface area contributed by atoms with Gasteiger partial charge in [-0.2, -0.15) is 4.31 Å². The highest BCUT2D eigenvalue weighted by Crippen LogP contribution is 2.27. The van der Waals surface area contributed by atoms with Crippen molar-refractivity contribution in [1.82, 2.24) is 4.31 Å². The Morgan fingerprint density at radius 1 is 1.00 bits per heavy atom. The number of hydrogen-bond donors (Lipinski definition) is 1. The molecule has 150 valence electrons. The maximum Gasteiger partial charge on any atom is 0.243 e. The van der Waals surface area contributed by atoms with E-state index in [1.54, 1.807) is 30.3 Å². The van der Waals surface area contributed by atoms with Crippen molar-refractivity contribution in [3.05, 3.63) is 72.5 Å². The summed E-state index contributed by atoms with van der Waals surface area (Å²) in [7, 11) is -3.72. The smallest absolute Gasteiger partial charge is 0.243 e. The van der Waals surface area contributed by atoms with Gasteiger partial charge in [-0.3, -0.25) is 4.79 Å². The van der Waals surface area contributed by atoms with Crippen LogP contribution in [0.4, 0.5) is 10.1 Å². The number of anilines is 1. The van der Waals surface area contributed by atoms with Crippen molar-refractivity contribution in [2.45, 2.75) is 17.7 Å². The monoisotopic (exact) mass is 412 g/mol. The van der Waals surface area contributed by atoms with Crippen LogP contribution in [0.1, 0.15) is 12.8 Å². The van der Waals surface area contributed by atoms with Crippen LogP contribution >= 0.6 is 0 Å². The van der Waals surface area contributed by atoms with Crippen LogP contribution in [0.2, 0.25) is 0 Å². The standard InChI is InChI=1S/C22H21FN2O3S/c23-20-9-3-4-10-21(20)24-22(26)18-8-5-13-25(15-18)29(27,28)19-12-11-16-6-1-2-7-17(16)14-19/h1-4,6-7,9-12,14,18H,5,8,13,15H2,(H,24,26)/t18-/m1/s1. The zero-order chi connectivity index (χ0) is 20.4. The fourth-order valence-electron chi connectivity index (χ4n) is 3.65. The van der Waals surface area contributed by atoms with Crippen molar-refractivity contribution in [2.75, 3.05) is 18.4 Å². The first-order chi connectivity index (χ1) is 13.9. The first kappa shape index (κ1) is 19.5. The van der Waals surface area contributed by atoms with Crippen molar-refractivity contribution in [2.24, 2.45) is 5.92 Å². The summed E-state index contributed by atoms with van der Waals surface area (Å²) < 4.78 is 41.5. The molecular weight excluding hydrogens is 391 g/mol. The first-order valence-corrected chi connectivity index (χ1v) is 10.9. The molecule has 0 spiro atoms. The number of carbonyl (C=O) groups is 1. The molecule has 0 aromatic heterocycles. The van der Waals surface area contributed by atoms with E-state index in [2.05, 4.69) is 5.32 Å². The van der Waals surface area contributed by atoms with Crippen molar-refractivity contribution >= 4 is 32.4 Å². The van der Waals surface area contributed by atoms with Gasteiger partial charge in [-0.15, -0.1) is 0 Å². The molecule has 1 fully saturated rings. The van der Waals surface area contributed by atoms with E-state index in [0.29, 0.717) is 19.4 Å². The largest absolute Gasteiger partial charge is 0.323 e. The Balaban J connectivity index is 1.53. The summed E-state index contributed by atoms with van der Waals surface area (Å²) in [4.78, 5) is 12.8. The fourth-order valence-corrected chi connectivity index (χ4v) is 5.21. The molecule has 0 radical (unpaired) electrons. The number of benzene rings is 3. The summed E-state index contributed by atoms with van der Waals surface area (Å²) in [6, 6.07) is 18.5. The van der Waals surface area contributed by atoms with Crippen molar-refractivity contribution in [3.63, 3.8) is 0 Å². The molecule has 1 amide bonds. The second-order valence-electron chi connectivity index (χ2n) is 7.18. The Bertz CT molecular complexity index is 1160. The number of sulfonamides is 1. The normalized spacial score (nSPS) is 17.9. The summed E-state index contributed by atoms with van der Waals surface area (Å²) in [5.74, 6) is -1.41. The number of para-hydroxylation sites is 1. The molecule has 1 atom stereocenters. The Hall–Kier alpha value is -2.77. The van der Waals surface area contributed by atoms with Gasteiger partial charge in [0, 0.05) is 13.1 Å². The van der Waals surface area contributed by atoms with E-state index >= 15 is 0 Å². The molecular formula is C22H21FN2O3S. The second-order valence-corrected chi connectivity index (χ2v) is 9.12. The number of nitrogens with one attached hydrogen (secondary N) is 1. The van der Waals surface area contributed by atoms with Gasteiger partial charge in [-0.1, -0.05) is 42.5 Å². The SMILES string of the molecule is O=C(Nc1ccccc1F)[C@@H]1CCCN(S(=O)(=O)c2ccc3ccccc3c2)C1. The van der Waals surface area contributed by atoms with E-state index in [4.69, 9.17) is 0 Å². The van der Waals surface area contributed by atoms with E-state index in [0.717, 1.165) is 10.8 Å². The fraction of sp³-hybridized carbons (Fsp3) is 0.227. The second kappa shape index (κ2) is 7.93. The summed E-state index contributed by atoms with van der Waals surface area (Å²) in [6.45, 7) is 0.439. The average molecular weight is 412 g/mol. The lowest BCUT2D eigenvalue weighted by molar-refractivity contribution is -0.120. The number of hydrogen-bond acceptors (Lipinski definition) is 3. The molecule has 3 aromatic carbocycles. The Kier molecular flexibility index (Phi) is 5.34. The van der Waals surface area contributed by atoms with Gasteiger partial charge in [0.15, 0.2) is 0 Å². The summed E-state index contributed by atoms with van der Waals surface area (Å²) in [5.41, 5.74) is 0.104. The third-order valence-corrected chi connectivity index (χ3v) is 7.11. The van der Waals surface area contributed by atoms with Crippen molar-refractivity contribution < 1.29 is 17.6 Å². The first-order valence-electron chi connectivity index (χ1n) is 9.49. The van der Waals surface area contributed by atoms with Gasteiger partial charge >= 0.3 is 0 Å². The van der Waals surface area contributed by atoms with E-state index in [1.165, 1.54) is 16.4 Å². The Morgan fingerprint density at radius 2 is 1.72 bits per heavy atom.